The first-order valence-electron chi connectivity index (χ1n) is 9.65. The topological polar surface area (TPSA) is 76.1 Å². The van der Waals surface area contributed by atoms with Gasteiger partial charge in [0.1, 0.15) is 11.4 Å². The van der Waals surface area contributed by atoms with Gasteiger partial charge in [0.05, 0.1) is 24.3 Å². The number of aliphatic hydroxyl groups is 1. The monoisotopic (exact) mass is 395 g/mol. The van der Waals surface area contributed by atoms with Gasteiger partial charge in [-0.2, -0.15) is 0 Å². The van der Waals surface area contributed by atoms with Crippen molar-refractivity contribution >= 4 is 17.6 Å². The van der Waals surface area contributed by atoms with Gasteiger partial charge in [-0.3, -0.25) is 9.69 Å². The van der Waals surface area contributed by atoms with Crippen LogP contribution >= 0.6 is 0 Å². The minimum absolute atomic E-state index is 0.0515. The second-order valence-electron chi connectivity index (χ2n) is 8.71. The lowest BCUT2D eigenvalue weighted by molar-refractivity contribution is 0.0288. The molecule has 152 valence electrons. The Balaban J connectivity index is 1.84. The van der Waals surface area contributed by atoms with E-state index in [0.29, 0.717) is 23.4 Å². The zero-order valence-electron chi connectivity index (χ0n) is 17.1. The number of ketones is 1. The summed E-state index contributed by atoms with van der Waals surface area (Å²) < 4.78 is 10.9. The van der Waals surface area contributed by atoms with E-state index in [1.165, 1.54) is 12.0 Å². The minimum atomic E-state index is -1.15. The van der Waals surface area contributed by atoms with Gasteiger partial charge in [-0.15, -0.1) is 0 Å². The smallest absolute Gasteiger partial charge is 0.414 e. The lowest BCUT2D eigenvalue weighted by Crippen LogP contribution is -2.53. The van der Waals surface area contributed by atoms with E-state index in [9.17, 15) is 14.7 Å². The largest absolute Gasteiger partial charge is 0.497 e. The van der Waals surface area contributed by atoms with Gasteiger partial charge in [0.15, 0.2) is 5.78 Å². The Labute approximate surface area is 170 Å². The highest BCUT2D eigenvalue weighted by Gasteiger charge is 2.56. The first-order valence-corrected chi connectivity index (χ1v) is 9.65. The standard InChI is InChI=1S/C23H25NO5/c1-22(2,3)29-21(27)24-13-23(12-14-7-5-6-8-16(14)19(23)25)20(26)17-11-15(28-4)9-10-18(17)24/h5-11,19,25H,12-13H2,1-4H3/t19-,23-/m1/s1. The molecule has 2 aliphatic rings. The summed E-state index contributed by atoms with van der Waals surface area (Å²) in [5.74, 6) is 0.332. The Bertz CT molecular complexity index is 993. The second kappa shape index (κ2) is 6.59. The minimum Gasteiger partial charge on any atom is -0.497 e. The Morgan fingerprint density at radius 3 is 2.59 bits per heavy atom. The highest BCUT2D eigenvalue weighted by atomic mass is 16.6. The number of ether oxygens (including phenoxy) is 2. The van der Waals surface area contributed by atoms with Crippen molar-refractivity contribution in [3.8, 4) is 5.75 Å². The number of carbonyl (C=O) groups excluding carboxylic acids is 2. The number of nitrogens with zero attached hydrogens (tertiary/aromatic N) is 1. The van der Waals surface area contributed by atoms with Gasteiger partial charge in [0, 0.05) is 12.1 Å². The molecule has 0 bridgehead atoms. The Morgan fingerprint density at radius 2 is 1.93 bits per heavy atom. The number of carbonyl (C=O) groups is 2. The van der Waals surface area contributed by atoms with Crippen LogP contribution in [-0.4, -0.2) is 36.2 Å². The fraction of sp³-hybridized carbons (Fsp3) is 0.391. The molecule has 1 N–H and O–H groups in total. The zero-order chi connectivity index (χ0) is 21.0. The van der Waals surface area contributed by atoms with Gasteiger partial charge >= 0.3 is 6.09 Å². The van der Waals surface area contributed by atoms with Crippen LogP contribution in [0.2, 0.25) is 0 Å². The number of amides is 1. The number of benzene rings is 2. The maximum Gasteiger partial charge on any atom is 0.414 e. The molecule has 6 heteroatoms. The molecule has 0 radical (unpaired) electrons. The van der Waals surface area contributed by atoms with Gasteiger partial charge in [-0.1, -0.05) is 24.3 Å². The number of hydrogen-bond donors (Lipinski definition) is 1. The van der Waals surface area contributed by atoms with E-state index in [-0.39, 0.29) is 12.3 Å². The number of hydrogen-bond acceptors (Lipinski definition) is 5. The molecule has 1 heterocycles. The van der Waals surface area contributed by atoms with Crippen molar-refractivity contribution in [2.75, 3.05) is 18.6 Å². The first-order chi connectivity index (χ1) is 13.7. The van der Waals surface area contributed by atoms with E-state index in [2.05, 4.69) is 0 Å². The average molecular weight is 395 g/mol. The van der Waals surface area contributed by atoms with Crippen molar-refractivity contribution in [3.63, 3.8) is 0 Å². The highest BCUT2D eigenvalue weighted by Crippen LogP contribution is 2.52. The highest BCUT2D eigenvalue weighted by molar-refractivity contribution is 6.12. The number of methoxy groups -OCH3 is 1. The lowest BCUT2D eigenvalue weighted by atomic mass is 9.72. The molecule has 0 aromatic heterocycles. The van der Waals surface area contributed by atoms with Crippen LogP contribution in [-0.2, 0) is 11.2 Å². The van der Waals surface area contributed by atoms with Gasteiger partial charge in [0.2, 0.25) is 0 Å². The maximum atomic E-state index is 13.6. The van der Waals surface area contributed by atoms with Crippen molar-refractivity contribution in [3.05, 3.63) is 59.2 Å². The van der Waals surface area contributed by atoms with Gasteiger partial charge in [0.25, 0.3) is 0 Å². The van der Waals surface area contributed by atoms with Crippen molar-refractivity contribution in [1.82, 2.24) is 0 Å². The summed E-state index contributed by atoms with van der Waals surface area (Å²) in [6.45, 7) is 5.44. The van der Waals surface area contributed by atoms with Crippen LogP contribution < -0.4 is 9.64 Å². The van der Waals surface area contributed by atoms with Crippen molar-refractivity contribution in [1.29, 1.82) is 0 Å². The van der Waals surface area contributed by atoms with Crippen LogP contribution in [0, 0.1) is 5.41 Å². The van der Waals surface area contributed by atoms with E-state index < -0.39 is 23.2 Å². The first kappa shape index (κ1) is 19.5. The molecule has 2 atom stereocenters. The van der Waals surface area contributed by atoms with Crippen LogP contribution in [0.15, 0.2) is 42.5 Å². The van der Waals surface area contributed by atoms with Gasteiger partial charge in [-0.05, 0) is 56.5 Å². The second-order valence-corrected chi connectivity index (χ2v) is 8.71. The Hall–Kier alpha value is -2.86. The molecule has 1 aliphatic carbocycles. The van der Waals surface area contributed by atoms with Crippen LogP contribution in [0.5, 0.6) is 5.75 Å². The number of aliphatic hydroxyl groups excluding tert-OH is 1. The third-order valence-electron chi connectivity index (χ3n) is 5.62. The molecule has 1 amide bonds. The Kier molecular flexibility index (Phi) is 4.42. The molecule has 29 heavy (non-hydrogen) atoms. The van der Waals surface area contributed by atoms with Crippen LogP contribution in [0.25, 0.3) is 0 Å². The molecule has 2 aromatic carbocycles. The predicted octanol–water partition coefficient (Wildman–Crippen LogP) is 3.91. The van der Waals surface area contributed by atoms with Crippen LogP contribution in [0.1, 0.15) is 48.4 Å². The quantitative estimate of drug-likeness (QED) is 0.792. The molecule has 0 fully saturated rings. The molecule has 1 aliphatic heterocycles. The summed E-state index contributed by atoms with van der Waals surface area (Å²) in [4.78, 5) is 28.2. The average Bonchev–Trinajstić information content (AvgIpc) is 2.96. The number of fused-ring (bicyclic) bond motifs is 2. The number of Topliss-reactive ketones (excluding diaryl/α,β-unsaturated/α-hetero) is 1. The van der Waals surface area contributed by atoms with E-state index in [4.69, 9.17) is 9.47 Å². The normalized spacial score (nSPS) is 23.0. The lowest BCUT2D eigenvalue weighted by Gasteiger charge is -2.42. The zero-order valence-corrected chi connectivity index (χ0v) is 17.1. The molecule has 0 saturated heterocycles. The van der Waals surface area contributed by atoms with E-state index in [0.717, 1.165) is 11.1 Å². The maximum absolute atomic E-state index is 13.6. The van der Waals surface area contributed by atoms with Crippen LogP contribution in [0.3, 0.4) is 0 Å². The fourth-order valence-electron chi connectivity index (χ4n) is 4.29. The molecular formula is C23H25NO5. The van der Waals surface area contributed by atoms with Crippen LogP contribution in [0.4, 0.5) is 10.5 Å². The van der Waals surface area contributed by atoms with Crippen molar-refractivity contribution in [2.45, 2.75) is 38.9 Å². The van der Waals surface area contributed by atoms with E-state index in [1.807, 2.05) is 24.3 Å². The summed E-state index contributed by atoms with van der Waals surface area (Å²) in [6.07, 6.45) is -1.19. The predicted molar refractivity (Wildman–Crippen MR) is 108 cm³/mol. The summed E-state index contributed by atoms with van der Waals surface area (Å²) in [6, 6.07) is 12.5. The summed E-state index contributed by atoms with van der Waals surface area (Å²) in [5, 5.41) is 11.2. The third kappa shape index (κ3) is 3.08. The molecular weight excluding hydrogens is 370 g/mol. The Morgan fingerprint density at radius 1 is 1.21 bits per heavy atom. The molecule has 4 rings (SSSR count). The fourth-order valence-corrected chi connectivity index (χ4v) is 4.29. The number of anilines is 1. The van der Waals surface area contributed by atoms with E-state index >= 15 is 0 Å². The summed E-state index contributed by atoms with van der Waals surface area (Å²) in [5.41, 5.74) is 0.641. The van der Waals surface area contributed by atoms with Crippen molar-refractivity contribution in [2.24, 2.45) is 5.41 Å². The van der Waals surface area contributed by atoms with E-state index in [1.54, 1.807) is 39.0 Å². The van der Waals surface area contributed by atoms with Crippen molar-refractivity contribution < 1.29 is 24.2 Å². The third-order valence-corrected chi connectivity index (χ3v) is 5.62. The molecule has 0 unspecified atom stereocenters. The van der Waals surface area contributed by atoms with Gasteiger partial charge in [-0.25, -0.2) is 4.79 Å². The van der Waals surface area contributed by atoms with Gasteiger partial charge < -0.3 is 14.6 Å². The molecule has 6 nitrogen and oxygen atoms in total. The molecule has 2 aromatic rings. The molecule has 1 spiro atoms. The SMILES string of the molecule is COc1ccc2c(c1)C(=O)[C@]1(Cc3ccccc3[C@H]1O)CN2C(=O)OC(C)(C)C. The summed E-state index contributed by atoms with van der Waals surface area (Å²) in [7, 11) is 1.52. The number of rotatable bonds is 1. The summed E-state index contributed by atoms with van der Waals surface area (Å²) >= 11 is 0. The molecule has 0 saturated carbocycles.